The average molecular weight is 505 g/mol. The Kier molecular flexibility index (Phi) is 12.8. The van der Waals surface area contributed by atoms with Crippen LogP contribution in [0.3, 0.4) is 0 Å². The molecule has 0 aliphatic heterocycles. The van der Waals surface area contributed by atoms with Crippen molar-refractivity contribution in [1.82, 2.24) is 10.6 Å². The highest BCUT2D eigenvalue weighted by Crippen LogP contribution is 2.03. The van der Waals surface area contributed by atoms with Crippen molar-refractivity contribution in [1.29, 1.82) is 0 Å². The maximum atomic E-state index is 12.1. The van der Waals surface area contributed by atoms with Crippen LogP contribution in [0.2, 0.25) is 0 Å². The molecule has 0 saturated heterocycles. The van der Waals surface area contributed by atoms with Crippen molar-refractivity contribution in [2.24, 2.45) is 4.99 Å². The first-order chi connectivity index (χ1) is 12.8. The maximum absolute atomic E-state index is 12.1. The smallest absolute Gasteiger partial charge is 0.191 e. The minimum atomic E-state index is -0.888. The van der Waals surface area contributed by atoms with E-state index in [4.69, 9.17) is 9.15 Å². The predicted octanol–water partition coefficient (Wildman–Crippen LogP) is 2.92. The van der Waals surface area contributed by atoms with Crippen molar-refractivity contribution >= 4 is 40.7 Å². The molecule has 1 heterocycles. The van der Waals surface area contributed by atoms with Crippen LogP contribution in [0.5, 0.6) is 0 Å². The van der Waals surface area contributed by atoms with Crippen molar-refractivity contribution in [3.8, 4) is 0 Å². The highest BCUT2D eigenvalue weighted by Gasteiger charge is 2.03. The molecule has 0 bridgehead atoms. The average Bonchev–Trinajstić information content (AvgIpc) is 3.17. The zero-order valence-electron chi connectivity index (χ0n) is 15.6. The second-order valence-electron chi connectivity index (χ2n) is 5.69. The molecule has 0 fully saturated rings. The molecular weight excluding hydrogens is 477 g/mol. The van der Waals surface area contributed by atoms with Gasteiger partial charge in [0.15, 0.2) is 5.96 Å². The van der Waals surface area contributed by atoms with E-state index in [1.165, 1.54) is 0 Å². The molecular formula is C19H28IN3O3S. The molecule has 1 aromatic carbocycles. The fraction of sp³-hybridized carbons (Fsp3) is 0.421. The van der Waals surface area contributed by atoms with Crippen molar-refractivity contribution in [2.75, 3.05) is 32.5 Å². The summed E-state index contributed by atoms with van der Waals surface area (Å²) in [7, 11) is 0.837. The lowest BCUT2D eigenvalue weighted by Crippen LogP contribution is -2.39. The Balaban J connectivity index is 0.00000364. The van der Waals surface area contributed by atoms with Gasteiger partial charge in [0.25, 0.3) is 0 Å². The highest BCUT2D eigenvalue weighted by atomic mass is 127. The van der Waals surface area contributed by atoms with Gasteiger partial charge in [-0.25, -0.2) is 0 Å². The number of ether oxygens (including phenoxy) is 1. The number of hydrogen-bond donors (Lipinski definition) is 2. The summed E-state index contributed by atoms with van der Waals surface area (Å²) < 4.78 is 22.8. The van der Waals surface area contributed by atoms with Crippen LogP contribution in [0, 0.1) is 0 Å². The standard InChI is InChI=1S/C19H27N3O3S.HI/c1-20-19(21-10-6-12-24-15-18-9-5-13-25-18)22-11-14-26(23)16-17-7-3-2-4-8-17;/h2-5,7-9,13H,6,10-12,14-16H2,1H3,(H2,20,21,22);1H. The Labute approximate surface area is 180 Å². The first kappa shape index (κ1) is 23.6. The third kappa shape index (κ3) is 10.5. The van der Waals surface area contributed by atoms with Crippen LogP contribution in [-0.2, 0) is 27.9 Å². The summed E-state index contributed by atoms with van der Waals surface area (Å²) in [6.07, 6.45) is 2.50. The van der Waals surface area contributed by atoms with Crippen LogP contribution < -0.4 is 10.6 Å². The molecule has 2 aromatic rings. The van der Waals surface area contributed by atoms with Gasteiger partial charge in [-0.15, -0.1) is 24.0 Å². The molecule has 150 valence electrons. The molecule has 0 spiro atoms. The lowest BCUT2D eigenvalue weighted by atomic mass is 10.2. The Bertz CT molecular complexity index is 666. The minimum Gasteiger partial charge on any atom is -0.467 e. The Morgan fingerprint density at radius 2 is 1.93 bits per heavy atom. The molecule has 1 unspecified atom stereocenters. The molecule has 2 N–H and O–H groups in total. The Morgan fingerprint density at radius 1 is 1.15 bits per heavy atom. The molecule has 0 saturated carbocycles. The Hall–Kier alpha value is -1.39. The van der Waals surface area contributed by atoms with E-state index in [0.29, 0.717) is 37.2 Å². The lowest BCUT2D eigenvalue weighted by molar-refractivity contribution is 0.105. The van der Waals surface area contributed by atoms with Gasteiger partial charge in [-0.1, -0.05) is 30.3 Å². The summed E-state index contributed by atoms with van der Waals surface area (Å²) in [4.78, 5) is 4.17. The molecule has 8 heteroatoms. The summed E-state index contributed by atoms with van der Waals surface area (Å²) in [5.74, 6) is 2.72. The van der Waals surface area contributed by atoms with E-state index in [1.54, 1.807) is 13.3 Å². The van der Waals surface area contributed by atoms with Crippen LogP contribution in [0.25, 0.3) is 0 Å². The second kappa shape index (κ2) is 14.6. The van der Waals surface area contributed by atoms with Gasteiger partial charge < -0.3 is 19.8 Å². The number of nitrogens with one attached hydrogen (secondary N) is 2. The monoisotopic (exact) mass is 505 g/mol. The van der Waals surface area contributed by atoms with E-state index < -0.39 is 10.8 Å². The van der Waals surface area contributed by atoms with Crippen LogP contribution in [0.1, 0.15) is 17.7 Å². The van der Waals surface area contributed by atoms with Crippen LogP contribution in [0.4, 0.5) is 0 Å². The number of guanidine groups is 1. The molecule has 0 aliphatic carbocycles. The fourth-order valence-corrected chi connectivity index (χ4v) is 3.32. The van der Waals surface area contributed by atoms with Crippen molar-refractivity contribution in [3.05, 3.63) is 60.1 Å². The first-order valence-corrected chi connectivity index (χ1v) is 10.2. The molecule has 27 heavy (non-hydrogen) atoms. The van der Waals surface area contributed by atoms with Crippen molar-refractivity contribution in [2.45, 2.75) is 18.8 Å². The van der Waals surface area contributed by atoms with E-state index in [1.807, 2.05) is 42.5 Å². The van der Waals surface area contributed by atoms with Crippen LogP contribution in [-0.4, -0.2) is 42.7 Å². The van der Waals surface area contributed by atoms with E-state index in [2.05, 4.69) is 15.6 Å². The van der Waals surface area contributed by atoms with Gasteiger partial charge in [0.2, 0.25) is 0 Å². The van der Waals surface area contributed by atoms with Crippen LogP contribution in [0.15, 0.2) is 58.1 Å². The molecule has 0 radical (unpaired) electrons. The van der Waals surface area contributed by atoms with E-state index in [-0.39, 0.29) is 24.0 Å². The van der Waals surface area contributed by atoms with Crippen LogP contribution >= 0.6 is 24.0 Å². The first-order valence-electron chi connectivity index (χ1n) is 8.71. The molecule has 2 rings (SSSR count). The van der Waals surface area contributed by atoms with Gasteiger partial charge in [0.1, 0.15) is 12.4 Å². The fourth-order valence-electron chi connectivity index (χ4n) is 2.28. The SMILES string of the molecule is CN=C(NCCCOCc1ccco1)NCCS(=O)Cc1ccccc1.I. The topological polar surface area (TPSA) is 75.9 Å². The minimum absolute atomic E-state index is 0. The Morgan fingerprint density at radius 3 is 2.63 bits per heavy atom. The van der Waals surface area contributed by atoms with Gasteiger partial charge in [-0.3, -0.25) is 9.20 Å². The summed E-state index contributed by atoms with van der Waals surface area (Å²) in [5.41, 5.74) is 1.10. The highest BCUT2D eigenvalue weighted by molar-refractivity contribution is 14.0. The molecule has 1 atom stereocenters. The van der Waals surface area contributed by atoms with Gasteiger partial charge >= 0.3 is 0 Å². The van der Waals surface area contributed by atoms with Gasteiger partial charge in [0.05, 0.1) is 6.26 Å². The van der Waals surface area contributed by atoms with Crippen molar-refractivity contribution in [3.63, 3.8) is 0 Å². The molecule has 0 amide bonds. The lowest BCUT2D eigenvalue weighted by Gasteiger charge is -2.11. The summed E-state index contributed by atoms with van der Waals surface area (Å²) in [5, 5.41) is 6.41. The number of furan rings is 1. The zero-order chi connectivity index (χ0) is 18.5. The van der Waals surface area contributed by atoms with E-state index >= 15 is 0 Å². The summed E-state index contributed by atoms with van der Waals surface area (Å²) in [6.45, 7) is 2.51. The third-order valence-electron chi connectivity index (χ3n) is 3.60. The normalized spacial score (nSPS) is 12.3. The number of benzene rings is 1. The summed E-state index contributed by atoms with van der Waals surface area (Å²) in [6, 6.07) is 13.6. The quantitative estimate of drug-likeness (QED) is 0.213. The largest absolute Gasteiger partial charge is 0.467 e. The third-order valence-corrected chi connectivity index (χ3v) is 4.91. The van der Waals surface area contributed by atoms with E-state index in [9.17, 15) is 4.21 Å². The summed E-state index contributed by atoms with van der Waals surface area (Å²) >= 11 is 0. The number of rotatable bonds is 11. The number of hydrogen-bond acceptors (Lipinski definition) is 4. The number of nitrogens with zero attached hydrogens (tertiary/aromatic N) is 1. The molecule has 6 nitrogen and oxygen atoms in total. The predicted molar refractivity (Wildman–Crippen MR) is 121 cm³/mol. The van der Waals surface area contributed by atoms with Gasteiger partial charge in [0, 0.05) is 49.0 Å². The molecule has 0 aliphatic rings. The van der Waals surface area contributed by atoms with Crippen molar-refractivity contribution < 1.29 is 13.4 Å². The van der Waals surface area contributed by atoms with Gasteiger partial charge in [-0.2, -0.15) is 0 Å². The zero-order valence-corrected chi connectivity index (χ0v) is 18.7. The number of aliphatic imine (C=N–C) groups is 1. The maximum Gasteiger partial charge on any atom is 0.191 e. The van der Waals surface area contributed by atoms with Gasteiger partial charge in [-0.05, 0) is 24.1 Å². The van der Waals surface area contributed by atoms with E-state index in [0.717, 1.165) is 24.3 Å². The molecule has 1 aromatic heterocycles. The number of halogens is 1. The second-order valence-corrected chi connectivity index (χ2v) is 7.26.